The number of unbranched alkanes of at least 4 members (excludes halogenated alkanes) is 2. The quantitative estimate of drug-likeness (QED) is 0.337. The summed E-state index contributed by atoms with van der Waals surface area (Å²) in [7, 11) is 1.58. The van der Waals surface area contributed by atoms with Crippen LogP contribution in [-0.2, 0) is 4.79 Å². The standard InChI is InChI=1S/C23H29N3O4/c1-4-5-6-14-30-22-19(8-7-9-20(22)29-3)15-25-26-21(27)16-24-23(28)18-12-10-17(2)11-13-18/h7-13,15H,4-6,14,16H2,1-3H3,(H,24,28)(H,26,27)/b25-15-. The van der Waals surface area contributed by atoms with E-state index in [0.29, 0.717) is 29.2 Å². The lowest BCUT2D eigenvalue weighted by molar-refractivity contribution is -0.120. The average Bonchev–Trinajstić information content (AvgIpc) is 2.76. The van der Waals surface area contributed by atoms with Crippen molar-refractivity contribution in [2.24, 2.45) is 5.10 Å². The molecule has 2 aromatic carbocycles. The Kier molecular flexibility index (Phi) is 9.37. The second-order valence-corrected chi connectivity index (χ2v) is 6.78. The highest BCUT2D eigenvalue weighted by Gasteiger charge is 2.10. The molecular formula is C23H29N3O4. The van der Waals surface area contributed by atoms with Crippen LogP contribution in [0.3, 0.4) is 0 Å². The largest absolute Gasteiger partial charge is 0.493 e. The molecule has 0 spiro atoms. The summed E-state index contributed by atoms with van der Waals surface area (Å²) in [6.45, 7) is 4.47. The zero-order valence-corrected chi connectivity index (χ0v) is 17.7. The molecule has 0 saturated carbocycles. The molecule has 0 atom stereocenters. The van der Waals surface area contributed by atoms with Gasteiger partial charge in [-0.15, -0.1) is 0 Å². The Balaban J connectivity index is 1.89. The molecule has 0 unspecified atom stereocenters. The first-order valence-electron chi connectivity index (χ1n) is 10.0. The minimum Gasteiger partial charge on any atom is -0.493 e. The lowest BCUT2D eigenvalue weighted by atomic mass is 10.1. The van der Waals surface area contributed by atoms with Crippen molar-refractivity contribution in [1.29, 1.82) is 0 Å². The molecule has 30 heavy (non-hydrogen) atoms. The maximum Gasteiger partial charge on any atom is 0.259 e. The van der Waals surface area contributed by atoms with Gasteiger partial charge in [0.2, 0.25) is 0 Å². The highest BCUT2D eigenvalue weighted by molar-refractivity contribution is 5.96. The van der Waals surface area contributed by atoms with Gasteiger partial charge in [0.15, 0.2) is 11.5 Å². The molecule has 0 saturated heterocycles. The maximum absolute atomic E-state index is 12.1. The second kappa shape index (κ2) is 12.3. The summed E-state index contributed by atoms with van der Waals surface area (Å²) in [4.78, 5) is 24.0. The first kappa shape index (κ1) is 22.9. The number of carbonyl (C=O) groups is 2. The predicted octanol–water partition coefficient (Wildman–Crippen LogP) is 3.45. The van der Waals surface area contributed by atoms with Crippen molar-refractivity contribution in [1.82, 2.24) is 10.7 Å². The summed E-state index contributed by atoms with van der Waals surface area (Å²) < 4.78 is 11.2. The van der Waals surface area contributed by atoms with Gasteiger partial charge in [0.05, 0.1) is 26.5 Å². The summed E-state index contributed by atoms with van der Waals surface area (Å²) in [6.07, 6.45) is 4.64. The molecule has 2 amide bonds. The van der Waals surface area contributed by atoms with Crippen LogP contribution in [0.25, 0.3) is 0 Å². The van der Waals surface area contributed by atoms with Crippen LogP contribution in [-0.4, -0.2) is 38.3 Å². The van der Waals surface area contributed by atoms with Gasteiger partial charge in [0, 0.05) is 11.1 Å². The summed E-state index contributed by atoms with van der Waals surface area (Å²) in [5, 5.41) is 6.54. The Morgan fingerprint density at radius 2 is 1.87 bits per heavy atom. The van der Waals surface area contributed by atoms with Crippen molar-refractivity contribution in [3.05, 3.63) is 59.2 Å². The van der Waals surface area contributed by atoms with Crippen LogP contribution >= 0.6 is 0 Å². The van der Waals surface area contributed by atoms with Crippen LogP contribution < -0.4 is 20.2 Å². The highest BCUT2D eigenvalue weighted by atomic mass is 16.5. The molecule has 0 bridgehead atoms. The van der Waals surface area contributed by atoms with Gasteiger partial charge in [-0.2, -0.15) is 5.10 Å². The van der Waals surface area contributed by atoms with Gasteiger partial charge in [-0.3, -0.25) is 9.59 Å². The average molecular weight is 412 g/mol. The third kappa shape index (κ3) is 7.24. The number of ether oxygens (including phenoxy) is 2. The normalized spacial score (nSPS) is 10.6. The van der Waals surface area contributed by atoms with Gasteiger partial charge < -0.3 is 14.8 Å². The third-order valence-electron chi connectivity index (χ3n) is 4.34. The molecule has 7 heteroatoms. The summed E-state index contributed by atoms with van der Waals surface area (Å²) in [5.41, 5.74) is 4.66. The van der Waals surface area contributed by atoms with E-state index >= 15 is 0 Å². The molecule has 7 nitrogen and oxygen atoms in total. The molecule has 0 fully saturated rings. The third-order valence-corrected chi connectivity index (χ3v) is 4.34. The first-order valence-corrected chi connectivity index (χ1v) is 10.0. The molecule has 0 radical (unpaired) electrons. The fourth-order valence-electron chi connectivity index (χ4n) is 2.66. The fourth-order valence-corrected chi connectivity index (χ4v) is 2.66. The van der Waals surface area contributed by atoms with Crippen LogP contribution in [0, 0.1) is 6.92 Å². The van der Waals surface area contributed by atoms with Crippen molar-refractivity contribution in [2.75, 3.05) is 20.3 Å². The van der Waals surface area contributed by atoms with Crippen LogP contribution in [0.1, 0.15) is 47.7 Å². The highest BCUT2D eigenvalue weighted by Crippen LogP contribution is 2.30. The van der Waals surface area contributed by atoms with E-state index < -0.39 is 5.91 Å². The van der Waals surface area contributed by atoms with Gasteiger partial charge in [0.1, 0.15) is 0 Å². The van der Waals surface area contributed by atoms with Gasteiger partial charge in [-0.05, 0) is 37.6 Å². The molecule has 2 rings (SSSR count). The maximum atomic E-state index is 12.1. The van der Waals surface area contributed by atoms with Gasteiger partial charge in [0.25, 0.3) is 11.8 Å². The Morgan fingerprint density at radius 3 is 2.57 bits per heavy atom. The number of aryl methyl sites for hydroxylation is 1. The number of rotatable bonds is 11. The molecule has 2 N–H and O–H groups in total. The van der Waals surface area contributed by atoms with Crippen molar-refractivity contribution in [2.45, 2.75) is 33.1 Å². The van der Waals surface area contributed by atoms with Gasteiger partial charge in [-0.1, -0.05) is 43.5 Å². The van der Waals surface area contributed by atoms with E-state index in [0.717, 1.165) is 24.8 Å². The van der Waals surface area contributed by atoms with E-state index in [9.17, 15) is 9.59 Å². The zero-order chi connectivity index (χ0) is 21.8. The summed E-state index contributed by atoms with van der Waals surface area (Å²) in [5.74, 6) is 0.443. The molecular weight excluding hydrogens is 382 g/mol. The lowest BCUT2D eigenvalue weighted by Gasteiger charge is -2.13. The number of nitrogens with zero attached hydrogens (tertiary/aromatic N) is 1. The molecule has 0 aliphatic rings. The molecule has 160 valence electrons. The fraction of sp³-hybridized carbons (Fsp3) is 0.348. The number of para-hydroxylation sites is 1. The summed E-state index contributed by atoms with van der Waals surface area (Å²) in [6, 6.07) is 12.6. The van der Waals surface area contributed by atoms with E-state index in [1.54, 1.807) is 19.2 Å². The number of benzene rings is 2. The van der Waals surface area contributed by atoms with E-state index in [4.69, 9.17) is 9.47 Å². The van der Waals surface area contributed by atoms with Gasteiger partial charge >= 0.3 is 0 Å². The number of nitrogens with one attached hydrogen (secondary N) is 2. The first-order chi connectivity index (χ1) is 14.5. The Bertz CT molecular complexity index is 863. The zero-order valence-electron chi connectivity index (χ0n) is 17.7. The second-order valence-electron chi connectivity index (χ2n) is 6.78. The predicted molar refractivity (Wildman–Crippen MR) is 117 cm³/mol. The number of hydrazone groups is 1. The van der Waals surface area contributed by atoms with E-state index in [1.807, 2.05) is 37.3 Å². The SMILES string of the molecule is CCCCCOc1c(/C=N\NC(=O)CNC(=O)c2ccc(C)cc2)cccc1OC. The van der Waals surface area contributed by atoms with Crippen molar-refractivity contribution in [3.63, 3.8) is 0 Å². The number of hydrogen-bond acceptors (Lipinski definition) is 5. The number of carbonyl (C=O) groups excluding carboxylic acids is 2. The minimum atomic E-state index is -0.431. The monoisotopic (exact) mass is 411 g/mol. The van der Waals surface area contributed by atoms with E-state index in [2.05, 4.69) is 22.8 Å². The van der Waals surface area contributed by atoms with Crippen LogP contribution in [0.15, 0.2) is 47.6 Å². The summed E-state index contributed by atoms with van der Waals surface area (Å²) >= 11 is 0. The van der Waals surface area contributed by atoms with Crippen LogP contribution in [0.2, 0.25) is 0 Å². The Labute approximate surface area is 177 Å². The molecule has 2 aromatic rings. The molecule has 0 aliphatic carbocycles. The molecule has 0 heterocycles. The van der Waals surface area contributed by atoms with Crippen LogP contribution in [0.5, 0.6) is 11.5 Å². The molecule has 0 aliphatic heterocycles. The van der Waals surface area contributed by atoms with Crippen molar-refractivity contribution < 1.29 is 19.1 Å². The van der Waals surface area contributed by atoms with Crippen LogP contribution in [0.4, 0.5) is 0 Å². The minimum absolute atomic E-state index is 0.178. The topological polar surface area (TPSA) is 89.0 Å². The Hall–Kier alpha value is -3.35. The van der Waals surface area contributed by atoms with Gasteiger partial charge in [-0.25, -0.2) is 5.43 Å². The number of amides is 2. The van der Waals surface area contributed by atoms with E-state index in [-0.39, 0.29) is 12.5 Å². The number of hydrogen-bond donors (Lipinski definition) is 2. The van der Waals surface area contributed by atoms with Crippen molar-refractivity contribution in [3.8, 4) is 11.5 Å². The van der Waals surface area contributed by atoms with Crippen molar-refractivity contribution >= 4 is 18.0 Å². The lowest BCUT2D eigenvalue weighted by Crippen LogP contribution is -2.34. The Morgan fingerprint density at radius 1 is 1.10 bits per heavy atom. The van der Waals surface area contributed by atoms with E-state index in [1.165, 1.54) is 6.21 Å². The molecule has 0 aromatic heterocycles. The smallest absolute Gasteiger partial charge is 0.259 e. The number of methoxy groups -OCH3 is 1.